The van der Waals surface area contributed by atoms with E-state index in [0.29, 0.717) is 60.6 Å². The standard InChI is InChI=1S/C34H39Cl2NO7S/c1-7-43-28-15-20(14-23(36)32(28)44-45(40,41)22-10-8-21(35)9-11-22)29-30-24(16-33(2,3)18-26(30)38)37(12-13-42-6)25-17-34(4,5)19-27(39)31(25)29/h8-11,14-15,29H,7,12-13,16-19H2,1-6H3. The van der Waals surface area contributed by atoms with Crippen LogP contribution in [0, 0.1) is 10.8 Å². The molecule has 0 bridgehead atoms. The number of methoxy groups -OCH3 is 1. The molecule has 2 aromatic carbocycles. The van der Waals surface area contributed by atoms with Gasteiger partial charge in [-0.25, -0.2) is 0 Å². The monoisotopic (exact) mass is 675 g/mol. The average Bonchev–Trinajstić information content (AvgIpc) is 2.92. The van der Waals surface area contributed by atoms with Crippen molar-refractivity contribution in [2.75, 3.05) is 26.9 Å². The fourth-order valence-corrected chi connectivity index (χ4v) is 8.08. The van der Waals surface area contributed by atoms with Crippen molar-refractivity contribution < 1.29 is 31.7 Å². The van der Waals surface area contributed by atoms with Gasteiger partial charge < -0.3 is 18.6 Å². The minimum atomic E-state index is -4.30. The summed E-state index contributed by atoms with van der Waals surface area (Å²) >= 11 is 12.7. The number of carbonyl (C=O) groups excluding carboxylic acids is 2. The lowest BCUT2D eigenvalue weighted by molar-refractivity contribution is -0.119. The third-order valence-electron chi connectivity index (χ3n) is 8.50. The number of hydrogen-bond donors (Lipinski definition) is 0. The van der Waals surface area contributed by atoms with Crippen LogP contribution < -0.4 is 8.92 Å². The van der Waals surface area contributed by atoms with Crippen LogP contribution in [0.4, 0.5) is 0 Å². The number of carbonyl (C=O) groups is 2. The van der Waals surface area contributed by atoms with E-state index in [0.717, 1.165) is 11.4 Å². The van der Waals surface area contributed by atoms with Gasteiger partial charge in [-0.1, -0.05) is 50.9 Å². The van der Waals surface area contributed by atoms with Crippen LogP contribution in [0.2, 0.25) is 10.0 Å². The van der Waals surface area contributed by atoms with Crippen LogP contribution in [-0.4, -0.2) is 51.8 Å². The Kier molecular flexibility index (Phi) is 9.23. The molecule has 8 nitrogen and oxygen atoms in total. The maximum absolute atomic E-state index is 14.1. The first-order valence-corrected chi connectivity index (χ1v) is 17.2. The summed E-state index contributed by atoms with van der Waals surface area (Å²) in [6, 6.07) is 8.81. The second-order valence-corrected chi connectivity index (χ2v) is 15.8. The molecule has 2 aromatic rings. The molecule has 5 rings (SSSR count). The highest BCUT2D eigenvalue weighted by molar-refractivity contribution is 7.87. The molecule has 45 heavy (non-hydrogen) atoms. The second kappa shape index (κ2) is 12.4. The molecule has 242 valence electrons. The minimum Gasteiger partial charge on any atom is -0.490 e. The number of nitrogens with zero attached hydrogens (tertiary/aromatic N) is 1. The maximum Gasteiger partial charge on any atom is 0.339 e. The van der Waals surface area contributed by atoms with Gasteiger partial charge in [0.15, 0.2) is 17.3 Å². The summed E-state index contributed by atoms with van der Waals surface area (Å²) in [6.07, 6.45) is 1.95. The number of Topliss-reactive ketones (excluding diaryl/α,β-unsaturated/α-hetero) is 2. The Labute approximate surface area is 275 Å². The normalized spacial score (nSPS) is 19.9. The minimum absolute atomic E-state index is 0.0215. The number of ether oxygens (including phenoxy) is 2. The highest BCUT2D eigenvalue weighted by Crippen LogP contribution is 2.55. The Balaban J connectivity index is 1.70. The van der Waals surface area contributed by atoms with Crippen LogP contribution in [0.1, 0.15) is 71.8 Å². The highest BCUT2D eigenvalue weighted by Gasteiger charge is 2.49. The molecule has 1 heterocycles. The van der Waals surface area contributed by atoms with Gasteiger partial charge in [-0.3, -0.25) is 9.59 Å². The predicted molar refractivity (Wildman–Crippen MR) is 173 cm³/mol. The topological polar surface area (TPSA) is 99.2 Å². The molecule has 0 N–H and O–H groups in total. The fraction of sp³-hybridized carbons (Fsp3) is 0.471. The molecular weight excluding hydrogens is 637 g/mol. The van der Waals surface area contributed by atoms with Crippen molar-refractivity contribution in [3.8, 4) is 11.5 Å². The molecule has 0 spiro atoms. The molecule has 3 aliphatic rings. The Hall–Kier alpha value is -2.85. The molecular formula is C34H39Cl2NO7S. The molecule has 0 atom stereocenters. The maximum atomic E-state index is 14.1. The summed E-state index contributed by atoms with van der Waals surface area (Å²) in [6.45, 7) is 11.2. The molecule has 0 saturated carbocycles. The van der Waals surface area contributed by atoms with E-state index in [1.54, 1.807) is 26.2 Å². The number of ketones is 2. The van der Waals surface area contributed by atoms with Crippen LogP contribution in [0.3, 0.4) is 0 Å². The summed E-state index contributed by atoms with van der Waals surface area (Å²) in [5.41, 5.74) is 2.92. The van der Waals surface area contributed by atoms with Gasteiger partial charge in [0, 0.05) is 60.0 Å². The Morgan fingerprint density at radius 3 is 1.96 bits per heavy atom. The van der Waals surface area contributed by atoms with E-state index in [9.17, 15) is 18.0 Å². The third-order valence-corrected chi connectivity index (χ3v) is 10.3. The molecule has 0 unspecified atom stereocenters. The van der Waals surface area contributed by atoms with Crippen LogP contribution in [-0.2, 0) is 24.4 Å². The SMILES string of the molecule is CCOc1cc(C2C3=C(CC(C)(C)CC3=O)N(CCOC)C3=C2C(=O)CC(C)(C)C3)cc(Cl)c1OS(=O)(=O)c1ccc(Cl)cc1. The predicted octanol–water partition coefficient (Wildman–Crippen LogP) is 7.49. The van der Waals surface area contributed by atoms with E-state index >= 15 is 0 Å². The fourth-order valence-electron chi connectivity index (χ4n) is 6.69. The van der Waals surface area contributed by atoms with Crippen LogP contribution >= 0.6 is 23.2 Å². The van der Waals surface area contributed by atoms with E-state index in [-0.39, 0.29) is 50.4 Å². The molecule has 0 aromatic heterocycles. The van der Waals surface area contributed by atoms with Gasteiger partial charge >= 0.3 is 10.1 Å². The molecule has 2 aliphatic carbocycles. The van der Waals surface area contributed by atoms with E-state index in [4.69, 9.17) is 36.9 Å². The first kappa shape index (κ1) is 33.5. The van der Waals surface area contributed by atoms with Crippen molar-refractivity contribution >= 4 is 44.9 Å². The van der Waals surface area contributed by atoms with Gasteiger partial charge in [0.05, 0.1) is 18.2 Å². The van der Waals surface area contributed by atoms with Crippen molar-refractivity contribution in [2.24, 2.45) is 10.8 Å². The number of allylic oxidation sites excluding steroid dienone is 4. The third kappa shape index (κ3) is 6.68. The second-order valence-electron chi connectivity index (χ2n) is 13.4. The first-order valence-electron chi connectivity index (χ1n) is 15.0. The van der Waals surface area contributed by atoms with Crippen molar-refractivity contribution in [3.05, 3.63) is 74.5 Å². The number of halogens is 2. The van der Waals surface area contributed by atoms with Crippen molar-refractivity contribution in [2.45, 2.75) is 71.1 Å². The van der Waals surface area contributed by atoms with Gasteiger partial charge in [0.2, 0.25) is 5.75 Å². The lowest BCUT2D eigenvalue weighted by Crippen LogP contribution is -2.45. The lowest BCUT2D eigenvalue weighted by atomic mass is 9.63. The highest BCUT2D eigenvalue weighted by atomic mass is 35.5. The Morgan fingerprint density at radius 2 is 1.44 bits per heavy atom. The lowest BCUT2D eigenvalue weighted by Gasteiger charge is -2.49. The largest absolute Gasteiger partial charge is 0.490 e. The summed E-state index contributed by atoms with van der Waals surface area (Å²) in [5.74, 6) is -0.837. The summed E-state index contributed by atoms with van der Waals surface area (Å²) in [4.78, 5) is 30.2. The number of hydrogen-bond acceptors (Lipinski definition) is 8. The summed E-state index contributed by atoms with van der Waals surface area (Å²) < 4.78 is 43.3. The van der Waals surface area contributed by atoms with Gasteiger partial charge in [0.1, 0.15) is 4.90 Å². The summed E-state index contributed by atoms with van der Waals surface area (Å²) in [5, 5.41) is 0.357. The molecule has 0 radical (unpaired) electrons. The smallest absolute Gasteiger partial charge is 0.339 e. The number of benzene rings is 2. The van der Waals surface area contributed by atoms with Gasteiger partial charge in [-0.2, -0.15) is 8.42 Å². The van der Waals surface area contributed by atoms with Crippen LogP contribution in [0.5, 0.6) is 11.5 Å². The Morgan fingerprint density at radius 1 is 0.889 bits per heavy atom. The molecule has 0 fully saturated rings. The van der Waals surface area contributed by atoms with Crippen molar-refractivity contribution in [1.82, 2.24) is 4.90 Å². The zero-order chi connectivity index (χ0) is 32.9. The van der Waals surface area contributed by atoms with Gasteiger partial charge in [0.25, 0.3) is 0 Å². The van der Waals surface area contributed by atoms with Crippen molar-refractivity contribution in [3.63, 3.8) is 0 Å². The molecule has 0 saturated heterocycles. The van der Waals surface area contributed by atoms with E-state index in [1.807, 2.05) is 0 Å². The van der Waals surface area contributed by atoms with Crippen LogP contribution in [0.15, 0.2) is 63.8 Å². The average molecular weight is 677 g/mol. The zero-order valence-electron chi connectivity index (χ0n) is 26.5. The van der Waals surface area contributed by atoms with Gasteiger partial charge in [-0.05, 0) is 72.6 Å². The van der Waals surface area contributed by atoms with E-state index in [2.05, 4.69) is 32.6 Å². The van der Waals surface area contributed by atoms with E-state index in [1.165, 1.54) is 24.3 Å². The van der Waals surface area contributed by atoms with Crippen LogP contribution in [0.25, 0.3) is 0 Å². The summed E-state index contributed by atoms with van der Waals surface area (Å²) in [7, 11) is -2.66. The van der Waals surface area contributed by atoms with Crippen molar-refractivity contribution in [1.29, 1.82) is 0 Å². The van der Waals surface area contributed by atoms with E-state index < -0.39 is 16.0 Å². The quantitative estimate of drug-likeness (QED) is 0.252. The molecule has 0 amide bonds. The zero-order valence-corrected chi connectivity index (χ0v) is 28.8. The molecule has 1 aliphatic heterocycles. The Bertz CT molecular complexity index is 1650. The molecule has 11 heteroatoms. The van der Waals surface area contributed by atoms with Gasteiger partial charge in [-0.15, -0.1) is 0 Å². The number of rotatable bonds is 9. The first-order chi connectivity index (χ1) is 21.1.